The Hall–Kier alpha value is -2.00. The summed E-state index contributed by atoms with van der Waals surface area (Å²) in [5.41, 5.74) is 5.04. The third kappa shape index (κ3) is 4.78. The minimum Gasteiger partial charge on any atom is -0.491 e. The summed E-state index contributed by atoms with van der Waals surface area (Å²) in [5.74, 6) is 0.884. The van der Waals surface area contributed by atoms with Crippen molar-refractivity contribution in [3.05, 3.63) is 59.2 Å². The first-order valence-electron chi connectivity index (χ1n) is 7.80. The highest BCUT2D eigenvalue weighted by Gasteiger charge is 2.01. The second-order valence-electron chi connectivity index (χ2n) is 5.29. The fraction of sp³-hybridized carbons (Fsp3) is 0.368. The van der Waals surface area contributed by atoms with Gasteiger partial charge >= 0.3 is 0 Å². The van der Waals surface area contributed by atoms with E-state index < -0.39 is 0 Å². The van der Waals surface area contributed by atoms with Crippen LogP contribution in [0.1, 0.15) is 23.6 Å². The highest BCUT2D eigenvalue weighted by Crippen LogP contribution is 2.19. The lowest BCUT2D eigenvalue weighted by atomic mass is 10.1. The molecule has 0 atom stereocenters. The molecule has 0 heterocycles. The lowest BCUT2D eigenvalue weighted by Gasteiger charge is -2.12. The van der Waals surface area contributed by atoms with E-state index in [1.165, 1.54) is 22.4 Å². The molecule has 0 radical (unpaired) electrons. The summed E-state index contributed by atoms with van der Waals surface area (Å²) < 4.78 is 10.9. The van der Waals surface area contributed by atoms with Gasteiger partial charge in [0.2, 0.25) is 0 Å². The van der Waals surface area contributed by atoms with Crippen LogP contribution < -0.4 is 10.1 Å². The van der Waals surface area contributed by atoms with Crippen LogP contribution in [0.15, 0.2) is 42.5 Å². The van der Waals surface area contributed by atoms with Crippen molar-refractivity contribution in [1.82, 2.24) is 0 Å². The van der Waals surface area contributed by atoms with Crippen molar-refractivity contribution in [3.63, 3.8) is 0 Å². The Morgan fingerprint density at radius 3 is 2.45 bits per heavy atom. The molecule has 0 saturated heterocycles. The van der Waals surface area contributed by atoms with Crippen LogP contribution in [0.5, 0.6) is 5.75 Å². The molecular formula is C19H25NO2. The Morgan fingerprint density at radius 1 is 0.955 bits per heavy atom. The van der Waals surface area contributed by atoms with E-state index in [9.17, 15) is 0 Å². The first-order valence-corrected chi connectivity index (χ1v) is 7.80. The first-order chi connectivity index (χ1) is 10.7. The third-order valence-corrected chi connectivity index (χ3v) is 3.71. The van der Waals surface area contributed by atoms with Gasteiger partial charge in [-0.25, -0.2) is 0 Å². The Kier molecular flexibility index (Phi) is 6.28. The Labute approximate surface area is 133 Å². The zero-order chi connectivity index (χ0) is 15.8. The monoisotopic (exact) mass is 299 g/mol. The SMILES string of the molecule is CCOCCOc1ccc(CNc2cccc(C)c2C)cc1. The molecule has 0 aliphatic heterocycles. The third-order valence-electron chi connectivity index (χ3n) is 3.71. The average molecular weight is 299 g/mol. The van der Waals surface area contributed by atoms with Crippen LogP contribution in [0.4, 0.5) is 5.69 Å². The van der Waals surface area contributed by atoms with Gasteiger partial charge < -0.3 is 14.8 Å². The van der Waals surface area contributed by atoms with Crippen molar-refractivity contribution in [3.8, 4) is 5.75 Å². The molecule has 2 aromatic rings. The first kappa shape index (κ1) is 16.4. The van der Waals surface area contributed by atoms with E-state index in [0.717, 1.165) is 18.9 Å². The molecular weight excluding hydrogens is 274 g/mol. The molecule has 3 heteroatoms. The predicted octanol–water partition coefficient (Wildman–Crippen LogP) is 4.33. The van der Waals surface area contributed by atoms with Crippen LogP contribution >= 0.6 is 0 Å². The minimum absolute atomic E-state index is 0.591. The molecule has 2 aromatic carbocycles. The standard InChI is InChI=1S/C19H25NO2/c1-4-21-12-13-22-18-10-8-17(9-11-18)14-20-19-7-5-6-15(2)16(19)3/h5-11,20H,4,12-14H2,1-3H3. The number of ether oxygens (including phenoxy) is 2. The smallest absolute Gasteiger partial charge is 0.119 e. The molecule has 0 fully saturated rings. The molecule has 0 spiro atoms. The molecule has 0 saturated carbocycles. The maximum absolute atomic E-state index is 5.62. The van der Waals surface area contributed by atoms with Gasteiger partial charge in [0, 0.05) is 18.8 Å². The van der Waals surface area contributed by atoms with E-state index in [1.54, 1.807) is 0 Å². The van der Waals surface area contributed by atoms with Gasteiger partial charge in [0.25, 0.3) is 0 Å². The summed E-state index contributed by atoms with van der Waals surface area (Å²) >= 11 is 0. The zero-order valence-electron chi connectivity index (χ0n) is 13.7. The molecule has 3 nitrogen and oxygen atoms in total. The van der Waals surface area contributed by atoms with Crippen LogP contribution in [-0.4, -0.2) is 19.8 Å². The van der Waals surface area contributed by atoms with Gasteiger partial charge in [-0.15, -0.1) is 0 Å². The van der Waals surface area contributed by atoms with Gasteiger partial charge in [0.05, 0.1) is 6.61 Å². The summed E-state index contributed by atoms with van der Waals surface area (Å²) in [6.07, 6.45) is 0. The average Bonchev–Trinajstić information content (AvgIpc) is 2.54. The van der Waals surface area contributed by atoms with E-state index in [4.69, 9.17) is 9.47 Å². The minimum atomic E-state index is 0.591. The van der Waals surface area contributed by atoms with Gasteiger partial charge in [-0.2, -0.15) is 0 Å². The van der Waals surface area contributed by atoms with Crippen LogP contribution in [0.25, 0.3) is 0 Å². The zero-order valence-corrected chi connectivity index (χ0v) is 13.7. The normalized spacial score (nSPS) is 10.5. The number of hydrogen-bond acceptors (Lipinski definition) is 3. The van der Waals surface area contributed by atoms with Crippen molar-refractivity contribution < 1.29 is 9.47 Å². The maximum Gasteiger partial charge on any atom is 0.119 e. The number of aryl methyl sites for hydroxylation is 1. The molecule has 0 aromatic heterocycles. The highest BCUT2D eigenvalue weighted by molar-refractivity contribution is 5.53. The molecule has 22 heavy (non-hydrogen) atoms. The van der Waals surface area contributed by atoms with Crippen molar-refractivity contribution >= 4 is 5.69 Å². The molecule has 118 valence electrons. The fourth-order valence-corrected chi connectivity index (χ4v) is 2.21. The maximum atomic E-state index is 5.62. The lowest BCUT2D eigenvalue weighted by Crippen LogP contribution is -2.06. The fourth-order valence-electron chi connectivity index (χ4n) is 2.21. The number of hydrogen-bond donors (Lipinski definition) is 1. The predicted molar refractivity (Wildman–Crippen MR) is 91.7 cm³/mol. The number of rotatable bonds is 8. The molecule has 0 aliphatic rings. The van der Waals surface area contributed by atoms with Crippen LogP contribution in [0.2, 0.25) is 0 Å². The van der Waals surface area contributed by atoms with Gasteiger partial charge in [-0.3, -0.25) is 0 Å². The topological polar surface area (TPSA) is 30.5 Å². The van der Waals surface area contributed by atoms with E-state index in [1.807, 2.05) is 19.1 Å². The molecule has 2 rings (SSSR count). The summed E-state index contributed by atoms with van der Waals surface area (Å²) in [6.45, 7) is 9.02. The van der Waals surface area contributed by atoms with Crippen molar-refractivity contribution in [1.29, 1.82) is 0 Å². The van der Waals surface area contributed by atoms with E-state index in [-0.39, 0.29) is 0 Å². The van der Waals surface area contributed by atoms with Gasteiger partial charge in [0.15, 0.2) is 0 Å². The van der Waals surface area contributed by atoms with Crippen molar-refractivity contribution in [2.75, 3.05) is 25.1 Å². The summed E-state index contributed by atoms with van der Waals surface area (Å²) in [7, 11) is 0. The van der Waals surface area contributed by atoms with Crippen molar-refractivity contribution in [2.24, 2.45) is 0 Å². The second kappa shape index (κ2) is 8.44. The van der Waals surface area contributed by atoms with Gasteiger partial charge in [-0.1, -0.05) is 24.3 Å². The van der Waals surface area contributed by atoms with E-state index >= 15 is 0 Å². The molecule has 1 N–H and O–H groups in total. The Morgan fingerprint density at radius 2 is 1.73 bits per heavy atom. The largest absolute Gasteiger partial charge is 0.491 e. The molecule has 0 unspecified atom stereocenters. The lowest BCUT2D eigenvalue weighted by molar-refractivity contribution is 0.110. The quantitative estimate of drug-likeness (QED) is 0.736. The highest BCUT2D eigenvalue weighted by atomic mass is 16.5. The van der Waals surface area contributed by atoms with Gasteiger partial charge in [-0.05, 0) is 55.7 Å². The van der Waals surface area contributed by atoms with Gasteiger partial charge in [0.1, 0.15) is 12.4 Å². The second-order valence-corrected chi connectivity index (χ2v) is 5.29. The summed E-state index contributed by atoms with van der Waals surface area (Å²) in [5, 5.41) is 3.49. The van der Waals surface area contributed by atoms with Crippen LogP contribution in [-0.2, 0) is 11.3 Å². The van der Waals surface area contributed by atoms with E-state index in [2.05, 4.69) is 49.5 Å². The molecule has 0 aliphatic carbocycles. The summed E-state index contributed by atoms with van der Waals surface area (Å²) in [4.78, 5) is 0. The molecule has 0 bridgehead atoms. The molecule has 0 amide bonds. The van der Waals surface area contributed by atoms with Crippen molar-refractivity contribution in [2.45, 2.75) is 27.3 Å². The summed E-state index contributed by atoms with van der Waals surface area (Å²) in [6, 6.07) is 14.5. The number of benzene rings is 2. The van der Waals surface area contributed by atoms with Crippen LogP contribution in [0.3, 0.4) is 0 Å². The number of anilines is 1. The van der Waals surface area contributed by atoms with E-state index in [0.29, 0.717) is 13.2 Å². The Bertz CT molecular complexity index is 578. The Balaban J connectivity index is 1.85. The van der Waals surface area contributed by atoms with Crippen LogP contribution in [0, 0.1) is 13.8 Å². The number of nitrogens with one attached hydrogen (secondary N) is 1.